The summed E-state index contributed by atoms with van der Waals surface area (Å²) in [6.45, 7) is 4.96. The topological polar surface area (TPSA) is 84.9 Å². The van der Waals surface area contributed by atoms with Crippen LogP contribution in [0.3, 0.4) is 0 Å². The van der Waals surface area contributed by atoms with Crippen molar-refractivity contribution in [1.29, 1.82) is 0 Å². The SMILES string of the molecule is CCOC(CNC(=O)C1CCCC1C(=O)O)OCC. The highest BCUT2D eigenvalue weighted by Crippen LogP contribution is 2.31. The summed E-state index contributed by atoms with van der Waals surface area (Å²) in [5.41, 5.74) is 0. The molecule has 1 aliphatic rings. The third-order valence-electron chi connectivity index (χ3n) is 3.32. The fourth-order valence-corrected chi connectivity index (χ4v) is 2.42. The van der Waals surface area contributed by atoms with Gasteiger partial charge in [0.1, 0.15) is 0 Å². The number of ether oxygens (including phenoxy) is 2. The standard InChI is InChI=1S/C13H23NO5/c1-3-18-11(19-4-2)8-14-12(15)9-6-5-7-10(9)13(16)17/h9-11H,3-8H2,1-2H3,(H,14,15)(H,16,17). The van der Waals surface area contributed by atoms with E-state index in [2.05, 4.69) is 5.32 Å². The molecular weight excluding hydrogens is 250 g/mol. The minimum atomic E-state index is -0.885. The van der Waals surface area contributed by atoms with E-state index in [-0.39, 0.29) is 12.5 Å². The largest absolute Gasteiger partial charge is 0.481 e. The molecule has 2 atom stereocenters. The van der Waals surface area contributed by atoms with E-state index in [0.29, 0.717) is 26.1 Å². The fourth-order valence-electron chi connectivity index (χ4n) is 2.42. The molecule has 110 valence electrons. The lowest BCUT2D eigenvalue weighted by molar-refractivity contribution is -0.148. The number of hydrogen-bond acceptors (Lipinski definition) is 4. The first-order valence-corrected chi connectivity index (χ1v) is 6.83. The van der Waals surface area contributed by atoms with Gasteiger partial charge in [0.25, 0.3) is 0 Å². The van der Waals surface area contributed by atoms with Crippen LogP contribution in [-0.2, 0) is 19.1 Å². The highest BCUT2D eigenvalue weighted by atomic mass is 16.7. The molecule has 0 saturated heterocycles. The van der Waals surface area contributed by atoms with E-state index in [1.54, 1.807) is 0 Å². The van der Waals surface area contributed by atoms with E-state index in [4.69, 9.17) is 14.6 Å². The van der Waals surface area contributed by atoms with Gasteiger partial charge < -0.3 is 19.9 Å². The van der Waals surface area contributed by atoms with Gasteiger partial charge in [0.15, 0.2) is 6.29 Å². The van der Waals surface area contributed by atoms with Crippen molar-refractivity contribution in [2.24, 2.45) is 11.8 Å². The maximum Gasteiger partial charge on any atom is 0.307 e. The van der Waals surface area contributed by atoms with Gasteiger partial charge in [-0.1, -0.05) is 6.42 Å². The Labute approximate surface area is 113 Å². The summed E-state index contributed by atoms with van der Waals surface area (Å²) in [6, 6.07) is 0. The monoisotopic (exact) mass is 273 g/mol. The second kappa shape index (κ2) is 8.12. The van der Waals surface area contributed by atoms with Gasteiger partial charge in [-0.05, 0) is 26.7 Å². The van der Waals surface area contributed by atoms with Crippen molar-refractivity contribution in [3.8, 4) is 0 Å². The number of carbonyl (C=O) groups excluding carboxylic acids is 1. The van der Waals surface area contributed by atoms with Crippen molar-refractivity contribution < 1.29 is 24.2 Å². The third-order valence-corrected chi connectivity index (χ3v) is 3.32. The van der Waals surface area contributed by atoms with Crippen molar-refractivity contribution >= 4 is 11.9 Å². The summed E-state index contributed by atoms with van der Waals surface area (Å²) in [4.78, 5) is 23.0. The van der Waals surface area contributed by atoms with E-state index < -0.39 is 24.1 Å². The molecule has 0 spiro atoms. The van der Waals surface area contributed by atoms with Crippen LogP contribution in [0.5, 0.6) is 0 Å². The Hall–Kier alpha value is -1.14. The Morgan fingerprint density at radius 3 is 2.32 bits per heavy atom. The lowest BCUT2D eigenvalue weighted by Crippen LogP contribution is -2.40. The molecule has 0 radical (unpaired) electrons. The molecule has 0 heterocycles. The summed E-state index contributed by atoms with van der Waals surface area (Å²) >= 11 is 0. The van der Waals surface area contributed by atoms with Crippen molar-refractivity contribution in [3.05, 3.63) is 0 Å². The lowest BCUT2D eigenvalue weighted by atomic mass is 9.95. The average Bonchev–Trinajstić information content (AvgIpc) is 2.85. The number of carbonyl (C=O) groups is 2. The van der Waals surface area contributed by atoms with E-state index in [1.807, 2.05) is 13.8 Å². The average molecular weight is 273 g/mol. The molecule has 1 saturated carbocycles. The van der Waals surface area contributed by atoms with Crippen molar-refractivity contribution in [3.63, 3.8) is 0 Å². The quantitative estimate of drug-likeness (QED) is 0.644. The molecule has 1 fully saturated rings. The summed E-state index contributed by atoms with van der Waals surface area (Å²) < 4.78 is 10.6. The van der Waals surface area contributed by atoms with Gasteiger partial charge in [-0.15, -0.1) is 0 Å². The molecule has 2 N–H and O–H groups in total. The predicted octanol–water partition coefficient (Wildman–Crippen LogP) is 1.00. The maximum absolute atomic E-state index is 12.0. The normalized spacial score (nSPS) is 22.7. The van der Waals surface area contributed by atoms with Crippen molar-refractivity contribution in [1.82, 2.24) is 5.32 Å². The van der Waals surface area contributed by atoms with Crippen LogP contribution in [0.4, 0.5) is 0 Å². The fraction of sp³-hybridized carbons (Fsp3) is 0.846. The van der Waals surface area contributed by atoms with Crippen LogP contribution in [0.2, 0.25) is 0 Å². The highest BCUT2D eigenvalue weighted by Gasteiger charge is 2.37. The van der Waals surface area contributed by atoms with E-state index in [0.717, 1.165) is 6.42 Å². The molecular formula is C13H23NO5. The van der Waals surface area contributed by atoms with Crippen LogP contribution in [0.25, 0.3) is 0 Å². The van der Waals surface area contributed by atoms with Crippen molar-refractivity contribution in [2.75, 3.05) is 19.8 Å². The number of carboxylic acids is 1. The number of aliphatic carboxylic acids is 1. The molecule has 6 nitrogen and oxygen atoms in total. The van der Waals surface area contributed by atoms with E-state index in [9.17, 15) is 9.59 Å². The van der Waals surface area contributed by atoms with E-state index in [1.165, 1.54) is 0 Å². The van der Waals surface area contributed by atoms with Gasteiger partial charge in [-0.3, -0.25) is 9.59 Å². The minimum absolute atomic E-state index is 0.214. The molecule has 1 aliphatic carbocycles. The molecule has 1 rings (SSSR count). The summed E-state index contributed by atoms with van der Waals surface area (Å²) in [6.07, 6.45) is 1.53. The number of rotatable bonds is 8. The number of nitrogens with one attached hydrogen (secondary N) is 1. The summed E-state index contributed by atoms with van der Waals surface area (Å²) in [7, 11) is 0. The zero-order chi connectivity index (χ0) is 14.3. The molecule has 0 aliphatic heterocycles. The van der Waals surface area contributed by atoms with Gasteiger partial charge in [0.05, 0.1) is 18.4 Å². The van der Waals surface area contributed by atoms with Gasteiger partial charge in [-0.25, -0.2) is 0 Å². The molecule has 0 bridgehead atoms. The Balaban J connectivity index is 2.43. The van der Waals surface area contributed by atoms with Gasteiger partial charge in [0, 0.05) is 13.2 Å². The van der Waals surface area contributed by atoms with Gasteiger partial charge >= 0.3 is 5.97 Å². The first-order chi connectivity index (χ1) is 9.10. The summed E-state index contributed by atoms with van der Waals surface area (Å²) in [5.74, 6) is -2.09. The Bertz CT molecular complexity index is 301. The second-order valence-electron chi connectivity index (χ2n) is 4.57. The molecule has 2 unspecified atom stereocenters. The van der Waals surface area contributed by atoms with E-state index >= 15 is 0 Å². The molecule has 1 amide bonds. The molecule has 0 aromatic carbocycles. The van der Waals surface area contributed by atoms with Gasteiger partial charge in [-0.2, -0.15) is 0 Å². The molecule has 6 heteroatoms. The van der Waals surface area contributed by atoms with Crippen molar-refractivity contribution in [2.45, 2.75) is 39.4 Å². The summed E-state index contributed by atoms with van der Waals surface area (Å²) in [5, 5.41) is 11.8. The van der Waals surface area contributed by atoms with Crippen LogP contribution in [0, 0.1) is 11.8 Å². The van der Waals surface area contributed by atoms with Crippen LogP contribution in [0.1, 0.15) is 33.1 Å². The molecule has 0 aromatic rings. The number of hydrogen-bond donors (Lipinski definition) is 2. The van der Waals surface area contributed by atoms with Gasteiger partial charge in [0.2, 0.25) is 5.91 Å². The first-order valence-electron chi connectivity index (χ1n) is 6.83. The zero-order valence-corrected chi connectivity index (χ0v) is 11.6. The Morgan fingerprint density at radius 1 is 1.21 bits per heavy atom. The molecule has 19 heavy (non-hydrogen) atoms. The van der Waals surface area contributed by atoms with Crippen LogP contribution in [-0.4, -0.2) is 43.0 Å². The highest BCUT2D eigenvalue weighted by molar-refractivity contribution is 5.85. The predicted molar refractivity (Wildman–Crippen MR) is 68.5 cm³/mol. The second-order valence-corrected chi connectivity index (χ2v) is 4.57. The number of carboxylic acid groups (broad SMARTS) is 1. The zero-order valence-electron chi connectivity index (χ0n) is 11.6. The minimum Gasteiger partial charge on any atom is -0.481 e. The molecule has 0 aromatic heterocycles. The first kappa shape index (κ1) is 15.9. The number of amides is 1. The lowest BCUT2D eigenvalue weighted by Gasteiger charge is -2.20. The maximum atomic E-state index is 12.0. The van der Waals surface area contributed by atoms with Crippen LogP contribution < -0.4 is 5.32 Å². The smallest absolute Gasteiger partial charge is 0.307 e. The third kappa shape index (κ3) is 4.80. The Morgan fingerprint density at radius 2 is 1.79 bits per heavy atom. The van der Waals surface area contributed by atoms with Crippen LogP contribution in [0.15, 0.2) is 0 Å². The van der Waals surface area contributed by atoms with Crippen LogP contribution >= 0.6 is 0 Å². The Kier molecular flexibility index (Phi) is 6.80.